The fourth-order valence-corrected chi connectivity index (χ4v) is 4.45. The van der Waals surface area contributed by atoms with E-state index in [1.165, 1.54) is 19.6 Å². The van der Waals surface area contributed by atoms with Gasteiger partial charge < -0.3 is 0 Å². The summed E-state index contributed by atoms with van der Waals surface area (Å²) in [4.78, 5) is 12.6. The van der Waals surface area contributed by atoms with Crippen molar-refractivity contribution in [1.29, 1.82) is 0 Å². The van der Waals surface area contributed by atoms with Gasteiger partial charge in [-0.3, -0.25) is 0 Å². The maximum atomic E-state index is 12.7. The predicted octanol–water partition coefficient (Wildman–Crippen LogP) is 1.72. The average molecular weight is 352 g/mol. The average Bonchev–Trinajstić information content (AvgIpc) is 2.89. The molecular weight excluding hydrogens is 328 g/mol. The summed E-state index contributed by atoms with van der Waals surface area (Å²) in [5.74, 6) is 0.469. The van der Waals surface area contributed by atoms with Crippen molar-refractivity contribution in [2.75, 3.05) is 13.1 Å². The fraction of sp³-hybridized carbons (Fsp3) is 0.625. The number of nitrogens with zero attached hydrogens (tertiary/aromatic N) is 4. The molecule has 0 aliphatic carbocycles. The van der Waals surface area contributed by atoms with E-state index in [2.05, 4.69) is 18.9 Å². The van der Waals surface area contributed by atoms with E-state index in [4.69, 9.17) is 0 Å². The van der Waals surface area contributed by atoms with Crippen LogP contribution < -0.4 is 5.69 Å². The summed E-state index contributed by atoms with van der Waals surface area (Å²) in [6, 6.07) is 3.14. The van der Waals surface area contributed by atoms with Gasteiger partial charge in [-0.05, 0) is 37.3 Å². The Labute approximate surface area is 141 Å². The molecule has 3 heterocycles. The van der Waals surface area contributed by atoms with Gasteiger partial charge >= 0.3 is 5.69 Å². The number of rotatable bonds is 5. The zero-order valence-corrected chi connectivity index (χ0v) is 15.0. The van der Waals surface area contributed by atoms with Gasteiger partial charge in [0.2, 0.25) is 10.0 Å². The Morgan fingerprint density at radius 3 is 2.54 bits per heavy atom. The number of hydrogen-bond donors (Lipinski definition) is 0. The van der Waals surface area contributed by atoms with Crippen LogP contribution in [-0.2, 0) is 16.6 Å². The Kier molecular flexibility index (Phi) is 4.78. The number of sulfonamides is 1. The fourth-order valence-electron chi connectivity index (χ4n) is 2.93. The third-order valence-electron chi connectivity index (χ3n) is 4.42. The van der Waals surface area contributed by atoms with Crippen LogP contribution in [0.2, 0.25) is 0 Å². The summed E-state index contributed by atoms with van der Waals surface area (Å²) in [6.07, 6.45) is 5.08. The molecule has 0 amide bonds. The maximum absolute atomic E-state index is 12.7. The Morgan fingerprint density at radius 1 is 1.17 bits per heavy atom. The first-order chi connectivity index (χ1) is 11.4. The molecule has 1 aliphatic heterocycles. The van der Waals surface area contributed by atoms with Crippen molar-refractivity contribution in [3.05, 3.63) is 28.8 Å². The van der Waals surface area contributed by atoms with E-state index < -0.39 is 10.0 Å². The van der Waals surface area contributed by atoms with E-state index in [0.717, 1.165) is 25.7 Å². The molecular formula is C16H24N4O3S. The van der Waals surface area contributed by atoms with Crippen LogP contribution in [0.5, 0.6) is 0 Å². The molecule has 7 nitrogen and oxygen atoms in total. The highest BCUT2D eigenvalue weighted by Crippen LogP contribution is 2.20. The third kappa shape index (κ3) is 3.25. The van der Waals surface area contributed by atoms with Crippen molar-refractivity contribution in [2.45, 2.75) is 51.0 Å². The second-order valence-corrected chi connectivity index (χ2v) is 8.68. The lowest BCUT2D eigenvalue weighted by Gasteiger charge is -2.25. The maximum Gasteiger partial charge on any atom is 0.350 e. The Morgan fingerprint density at radius 2 is 1.88 bits per heavy atom. The SMILES string of the molecule is CC(C)CCn1nc2ccc(S(=O)(=O)N3CCCCC3)cn2c1=O. The lowest BCUT2D eigenvalue weighted by Crippen LogP contribution is -2.35. The van der Waals surface area contributed by atoms with E-state index in [1.54, 1.807) is 12.1 Å². The first-order valence-corrected chi connectivity index (χ1v) is 9.93. The number of aromatic nitrogens is 3. The van der Waals surface area contributed by atoms with Crippen molar-refractivity contribution in [1.82, 2.24) is 18.5 Å². The standard InChI is InChI=1S/C16H24N4O3S/c1-13(2)8-11-20-16(21)19-12-14(6-7-15(19)17-20)24(22,23)18-9-4-3-5-10-18/h6-7,12-13H,3-5,8-11H2,1-2H3. The van der Waals surface area contributed by atoms with Crippen LogP contribution in [-0.4, -0.2) is 40.0 Å². The van der Waals surface area contributed by atoms with Gasteiger partial charge in [0.05, 0.1) is 4.90 Å². The quantitative estimate of drug-likeness (QED) is 0.821. The molecule has 132 valence electrons. The van der Waals surface area contributed by atoms with Crippen molar-refractivity contribution in [3.63, 3.8) is 0 Å². The van der Waals surface area contributed by atoms with E-state index in [0.29, 0.717) is 31.2 Å². The minimum absolute atomic E-state index is 0.155. The Bertz CT molecular complexity index is 876. The second-order valence-electron chi connectivity index (χ2n) is 6.75. The molecule has 1 saturated heterocycles. The summed E-state index contributed by atoms with van der Waals surface area (Å²) >= 11 is 0. The molecule has 0 aromatic carbocycles. The molecule has 3 rings (SSSR count). The van der Waals surface area contributed by atoms with Crippen LogP contribution in [0.1, 0.15) is 39.5 Å². The van der Waals surface area contributed by atoms with Crippen molar-refractivity contribution < 1.29 is 8.42 Å². The molecule has 0 atom stereocenters. The molecule has 1 aliphatic rings. The van der Waals surface area contributed by atoms with Gasteiger partial charge in [-0.1, -0.05) is 20.3 Å². The van der Waals surface area contributed by atoms with Gasteiger partial charge in [0, 0.05) is 25.8 Å². The second kappa shape index (κ2) is 6.68. The van der Waals surface area contributed by atoms with Gasteiger partial charge in [0.25, 0.3) is 0 Å². The number of piperidine rings is 1. The van der Waals surface area contributed by atoms with Crippen molar-refractivity contribution in [3.8, 4) is 0 Å². The molecule has 0 unspecified atom stereocenters. The lowest BCUT2D eigenvalue weighted by atomic mass is 10.1. The Balaban J connectivity index is 1.96. The molecule has 0 radical (unpaired) electrons. The monoisotopic (exact) mass is 352 g/mol. The molecule has 0 spiro atoms. The number of fused-ring (bicyclic) bond motifs is 1. The summed E-state index contributed by atoms with van der Waals surface area (Å²) in [7, 11) is -3.55. The Hall–Kier alpha value is -1.67. The van der Waals surface area contributed by atoms with E-state index in [9.17, 15) is 13.2 Å². The van der Waals surface area contributed by atoms with Crippen LogP contribution in [0.25, 0.3) is 5.65 Å². The van der Waals surface area contributed by atoms with Crippen molar-refractivity contribution >= 4 is 15.7 Å². The summed E-state index contributed by atoms with van der Waals surface area (Å²) in [6.45, 7) is 5.80. The van der Waals surface area contributed by atoms with Crippen LogP contribution in [0.15, 0.2) is 28.0 Å². The molecule has 24 heavy (non-hydrogen) atoms. The molecule has 0 N–H and O–H groups in total. The van der Waals surface area contributed by atoms with Gasteiger partial charge in [-0.15, -0.1) is 5.10 Å². The van der Waals surface area contributed by atoms with Gasteiger partial charge in [-0.2, -0.15) is 4.31 Å². The minimum Gasteiger partial charge on any atom is -0.249 e. The molecule has 0 saturated carbocycles. The van der Waals surface area contributed by atoms with Gasteiger partial charge in [-0.25, -0.2) is 22.3 Å². The predicted molar refractivity (Wildman–Crippen MR) is 91.5 cm³/mol. The van der Waals surface area contributed by atoms with E-state index >= 15 is 0 Å². The molecule has 2 aromatic rings. The van der Waals surface area contributed by atoms with Crippen molar-refractivity contribution in [2.24, 2.45) is 5.92 Å². The largest absolute Gasteiger partial charge is 0.350 e. The minimum atomic E-state index is -3.55. The number of pyridine rings is 1. The molecule has 1 fully saturated rings. The first kappa shape index (κ1) is 17.2. The zero-order valence-electron chi connectivity index (χ0n) is 14.2. The normalized spacial score (nSPS) is 17.0. The highest BCUT2D eigenvalue weighted by atomic mass is 32.2. The molecule has 2 aromatic heterocycles. The number of aryl methyl sites for hydroxylation is 1. The molecule has 8 heteroatoms. The highest BCUT2D eigenvalue weighted by molar-refractivity contribution is 7.89. The smallest absolute Gasteiger partial charge is 0.249 e. The highest BCUT2D eigenvalue weighted by Gasteiger charge is 2.26. The number of hydrogen-bond acceptors (Lipinski definition) is 4. The summed E-state index contributed by atoms with van der Waals surface area (Å²) < 4.78 is 29.7. The van der Waals surface area contributed by atoms with Gasteiger partial charge in [0.1, 0.15) is 0 Å². The van der Waals surface area contributed by atoms with E-state index in [-0.39, 0.29) is 10.6 Å². The van der Waals surface area contributed by atoms with Crippen LogP contribution in [0.3, 0.4) is 0 Å². The first-order valence-electron chi connectivity index (χ1n) is 8.49. The van der Waals surface area contributed by atoms with Crippen LogP contribution in [0, 0.1) is 5.92 Å². The van der Waals surface area contributed by atoms with E-state index in [1.807, 2.05) is 0 Å². The zero-order chi connectivity index (χ0) is 17.3. The summed E-state index contributed by atoms with van der Waals surface area (Å²) in [5.41, 5.74) is 0.183. The third-order valence-corrected chi connectivity index (χ3v) is 6.30. The summed E-state index contributed by atoms with van der Waals surface area (Å²) in [5, 5.41) is 4.28. The lowest BCUT2D eigenvalue weighted by molar-refractivity contribution is 0.346. The van der Waals surface area contributed by atoms with Gasteiger partial charge in [0.15, 0.2) is 5.65 Å². The topological polar surface area (TPSA) is 76.7 Å². The molecule has 0 bridgehead atoms. The van der Waals surface area contributed by atoms with Crippen LogP contribution in [0.4, 0.5) is 0 Å². The van der Waals surface area contributed by atoms with Crippen LogP contribution >= 0.6 is 0 Å².